The molecule has 8 heteroatoms. The molecule has 0 saturated carbocycles. The van der Waals surface area contributed by atoms with Crippen molar-refractivity contribution in [3.8, 4) is 0 Å². The van der Waals surface area contributed by atoms with Gasteiger partial charge in [-0.15, -0.1) is 11.8 Å². The van der Waals surface area contributed by atoms with E-state index in [0.29, 0.717) is 12.4 Å². The van der Waals surface area contributed by atoms with Crippen LogP contribution in [0.4, 0.5) is 4.79 Å². The van der Waals surface area contributed by atoms with Gasteiger partial charge < -0.3 is 9.42 Å². The van der Waals surface area contributed by atoms with E-state index in [0.717, 1.165) is 17.1 Å². The number of nitrogens with one attached hydrogen (secondary N) is 1. The molecule has 1 aliphatic rings. The summed E-state index contributed by atoms with van der Waals surface area (Å²) in [6.07, 6.45) is 1.64. The van der Waals surface area contributed by atoms with Crippen molar-refractivity contribution in [1.29, 1.82) is 0 Å². The predicted molar refractivity (Wildman–Crippen MR) is 60.7 cm³/mol. The number of rotatable bonds is 3. The topological polar surface area (TPSA) is 58.6 Å². The van der Waals surface area contributed by atoms with Gasteiger partial charge in [0.15, 0.2) is 0 Å². The van der Waals surface area contributed by atoms with Crippen molar-refractivity contribution in [2.45, 2.75) is 0 Å². The van der Waals surface area contributed by atoms with Crippen LogP contribution in [0.1, 0.15) is 0 Å². The van der Waals surface area contributed by atoms with Gasteiger partial charge in [0.1, 0.15) is 0 Å². The zero-order valence-electron chi connectivity index (χ0n) is 8.06. The van der Waals surface area contributed by atoms with E-state index in [1.807, 2.05) is 0 Å². The molecule has 14 heavy (non-hydrogen) atoms. The highest BCUT2D eigenvalue weighted by molar-refractivity contribution is 8.55. The van der Waals surface area contributed by atoms with Crippen LogP contribution in [0.2, 0.25) is 0 Å². The van der Waals surface area contributed by atoms with E-state index in [4.69, 9.17) is 4.52 Å². The largest absolute Gasteiger partial charge is 0.354 e. The molecular weight excluding hydrogens is 243 g/mol. The highest BCUT2D eigenvalue weighted by Gasteiger charge is 2.27. The maximum atomic E-state index is 11.7. The smallest absolute Gasteiger partial charge is 0.314 e. The number of nitrogens with zero attached hydrogens (tertiary/aromatic N) is 1. The van der Waals surface area contributed by atoms with Gasteiger partial charge >= 0.3 is 12.8 Å². The fourth-order valence-electron chi connectivity index (χ4n) is 0.928. The maximum absolute atomic E-state index is 11.7. The zero-order chi connectivity index (χ0) is 10.6. The molecule has 0 aliphatic carbocycles. The molecule has 1 unspecified atom stereocenters. The number of carbonyl (C=O) groups excluding carboxylic acids is 1. The van der Waals surface area contributed by atoms with Gasteiger partial charge in [0.05, 0.1) is 5.88 Å². The van der Waals surface area contributed by atoms with Crippen molar-refractivity contribution in [2.75, 3.05) is 31.5 Å². The molecule has 5 nitrogen and oxygen atoms in total. The molecule has 1 rings (SSSR count). The second kappa shape index (κ2) is 5.30. The average molecular weight is 256 g/mol. The fourth-order valence-corrected chi connectivity index (χ4v) is 3.54. The van der Waals surface area contributed by atoms with E-state index in [-0.39, 0.29) is 6.03 Å². The third-order valence-electron chi connectivity index (χ3n) is 1.75. The van der Waals surface area contributed by atoms with Gasteiger partial charge in [-0.05, 0) is 6.26 Å². The molecule has 0 bridgehead atoms. The van der Waals surface area contributed by atoms with Gasteiger partial charge in [0.25, 0.3) is 0 Å². The molecule has 1 fully saturated rings. The van der Waals surface area contributed by atoms with Gasteiger partial charge in [-0.2, -0.15) is 0 Å². The van der Waals surface area contributed by atoms with E-state index < -0.39 is 6.72 Å². The molecule has 1 N–H and O–H groups in total. The first-order chi connectivity index (χ1) is 6.61. The lowest BCUT2D eigenvalue weighted by Crippen LogP contribution is -2.36. The molecule has 0 radical (unpaired) electrons. The second-order valence-corrected chi connectivity index (χ2v) is 8.14. The van der Waals surface area contributed by atoms with E-state index in [2.05, 4.69) is 5.09 Å². The molecular formula is C6H13N2O3PS2. The minimum absolute atomic E-state index is 0.311. The molecule has 1 saturated heterocycles. The summed E-state index contributed by atoms with van der Waals surface area (Å²) in [4.78, 5) is 13.1. The zero-order valence-corrected chi connectivity index (χ0v) is 10.6. The molecule has 1 aliphatic heterocycles. The van der Waals surface area contributed by atoms with Crippen molar-refractivity contribution in [1.82, 2.24) is 9.99 Å². The molecule has 2 amide bonds. The summed E-state index contributed by atoms with van der Waals surface area (Å²) in [5, 5.41) is 2.40. The third-order valence-corrected chi connectivity index (χ3v) is 6.31. The van der Waals surface area contributed by atoms with Gasteiger partial charge in [0.2, 0.25) is 0 Å². The summed E-state index contributed by atoms with van der Waals surface area (Å²) < 4.78 is 16.5. The molecule has 0 aromatic rings. The summed E-state index contributed by atoms with van der Waals surface area (Å²) in [6.45, 7) is -2.32. The Morgan fingerprint density at radius 1 is 1.71 bits per heavy atom. The normalized spacial score (nSPS) is 20.6. The van der Waals surface area contributed by atoms with Crippen LogP contribution in [-0.2, 0) is 9.09 Å². The summed E-state index contributed by atoms with van der Waals surface area (Å²) in [7, 11) is 1.33. The summed E-state index contributed by atoms with van der Waals surface area (Å²) >= 11 is 2.71. The highest BCUT2D eigenvalue weighted by Crippen LogP contribution is 2.53. The Morgan fingerprint density at radius 3 is 2.86 bits per heavy atom. The van der Waals surface area contributed by atoms with Gasteiger partial charge in [-0.1, -0.05) is 11.4 Å². The number of hydrogen-bond acceptors (Lipinski definition) is 5. The highest BCUT2D eigenvalue weighted by atomic mass is 32.7. The van der Waals surface area contributed by atoms with E-state index in [1.54, 1.807) is 22.9 Å². The van der Waals surface area contributed by atoms with E-state index in [9.17, 15) is 9.36 Å². The van der Waals surface area contributed by atoms with Crippen LogP contribution < -0.4 is 5.09 Å². The van der Waals surface area contributed by atoms with Crippen LogP contribution in [0.3, 0.4) is 0 Å². The lowest BCUT2D eigenvalue weighted by Gasteiger charge is -2.19. The number of thioether (sulfide) groups is 1. The Kier molecular flexibility index (Phi) is 4.63. The first-order valence-electron chi connectivity index (χ1n) is 3.98. The molecule has 1 heterocycles. The minimum Gasteiger partial charge on any atom is -0.314 e. The first-order valence-corrected chi connectivity index (χ1v) is 8.58. The fraction of sp³-hybridized carbons (Fsp3) is 0.833. The van der Waals surface area contributed by atoms with Gasteiger partial charge in [-0.3, -0.25) is 9.65 Å². The molecule has 82 valence electrons. The van der Waals surface area contributed by atoms with Crippen LogP contribution >= 0.6 is 29.9 Å². The van der Waals surface area contributed by atoms with Gasteiger partial charge in [0, 0.05) is 19.4 Å². The minimum atomic E-state index is -3.02. The Balaban J connectivity index is 2.50. The Hall–Kier alpha value is 0.160. The summed E-state index contributed by atoms with van der Waals surface area (Å²) in [5.74, 6) is 1.59. The Labute approximate surface area is 91.6 Å². The standard InChI is InChI=1S/C6H13N2O3PS2/c1-11-12(10,13-2)7-6(9)8-3-4-14-5-8/h3-5H2,1-2H3,(H,7,9,10). The van der Waals surface area contributed by atoms with Crippen molar-refractivity contribution in [2.24, 2.45) is 0 Å². The van der Waals surface area contributed by atoms with Crippen LogP contribution in [0.15, 0.2) is 0 Å². The van der Waals surface area contributed by atoms with Crippen molar-refractivity contribution in [3.63, 3.8) is 0 Å². The number of amides is 2. The van der Waals surface area contributed by atoms with Crippen LogP contribution in [0.5, 0.6) is 0 Å². The van der Waals surface area contributed by atoms with Crippen molar-refractivity contribution < 1.29 is 13.9 Å². The van der Waals surface area contributed by atoms with Crippen molar-refractivity contribution >= 4 is 35.9 Å². The SMILES string of the molecule is COP(=O)(NC(=O)N1CCSC1)SC. The lowest BCUT2D eigenvalue weighted by atomic mass is 10.6. The summed E-state index contributed by atoms with van der Waals surface area (Å²) in [6, 6.07) is -0.311. The number of urea groups is 1. The second-order valence-electron chi connectivity index (χ2n) is 2.58. The monoisotopic (exact) mass is 256 g/mol. The summed E-state index contributed by atoms with van der Waals surface area (Å²) in [5.41, 5.74) is 0. The predicted octanol–water partition coefficient (Wildman–Crippen LogP) is 1.82. The third kappa shape index (κ3) is 3.08. The first kappa shape index (κ1) is 12.2. The number of hydrogen-bond donors (Lipinski definition) is 1. The van der Waals surface area contributed by atoms with Gasteiger partial charge in [-0.25, -0.2) is 4.79 Å². The quantitative estimate of drug-likeness (QED) is 0.780. The molecule has 1 atom stereocenters. The average Bonchev–Trinajstić information content (AvgIpc) is 2.70. The molecule has 0 aromatic heterocycles. The Bertz CT molecular complexity index is 249. The number of carbonyl (C=O) groups is 1. The van der Waals surface area contributed by atoms with Crippen LogP contribution in [-0.4, -0.2) is 42.5 Å². The molecule has 0 aromatic carbocycles. The molecule has 0 spiro atoms. The maximum Gasteiger partial charge on any atom is 0.354 e. The van der Waals surface area contributed by atoms with Crippen molar-refractivity contribution in [3.05, 3.63) is 0 Å². The van der Waals surface area contributed by atoms with E-state index in [1.165, 1.54) is 7.11 Å². The lowest BCUT2D eigenvalue weighted by molar-refractivity contribution is 0.216. The van der Waals surface area contributed by atoms with E-state index >= 15 is 0 Å². The van der Waals surface area contributed by atoms with Crippen LogP contribution in [0.25, 0.3) is 0 Å². The van der Waals surface area contributed by atoms with Crippen LogP contribution in [0, 0.1) is 0 Å². The Morgan fingerprint density at radius 2 is 2.43 bits per heavy atom.